The van der Waals surface area contributed by atoms with Crippen molar-refractivity contribution >= 4 is 18.3 Å². The molecule has 29 heavy (non-hydrogen) atoms. The van der Waals surface area contributed by atoms with Gasteiger partial charge in [-0.3, -0.25) is 4.79 Å². The molecule has 4 rings (SSSR count). The first kappa shape index (κ1) is 22.2. The summed E-state index contributed by atoms with van der Waals surface area (Å²) in [6.07, 6.45) is -0.151. The van der Waals surface area contributed by atoms with Crippen molar-refractivity contribution in [1.82, 2.24) is 10.2 Å². The fraction of sp³-hybridized carbons (Fsp3) is 0.667. The molecule has 1 spiro atoms. The SMILES string of the molecule is CC1(C(=O)N2CCC(Oc3cccc(C(F)(F)F)c3)CC2)CC12CCNCC2.Cl. The number of likely N-dealkylation sites (tertiary alicyclic amines) is 1. The molecule has 3 aliphatic rings. The third-order valence-corrected chi connectivity index (χ3v) is 6.96. The first-order valence-corrected chi connectivity index (χ1v) is 10.1. The summed E-state index contributed by atoms with van der Waals surface area (Å²) in [6.45, 7) is 5.27. The van der Waals surface area contributed by atoms with Gasteiger partial charge in [0.15, 0.2) is 0 Å². The van der Waals surface area contributed by atoms with Crippen LogP contribution >= 0.6 is 12.4 Å². The summed E-state index contributed by atoms with van der Waals surface area (Å²) >= 11 is 0. The topological polar surface area (TPSA) is 41.6 Å². The molecule has 2 heterocycles. The minimum Gasteiger partial charge on any atom is -0.490 e. The highest BCUT2D eigenvalue weighted by Crippen LogP contribution is 2.69. The molecule has 1 N–H and O–H groups in total. The van der Waals surface area contributed by atoms with E-state index in [0.717, 1.165) is 44.5 Å². The number of nitrogens with zero attached hydrogens (tertiary/aromatic N) is 1. The lowest BCUT2D eigenvalue weighted by molar-refractivity contribution is -0.140. The third kappa shape index (κ3) is 4.22. The quantitative estimate of drug-likeness (QED) is 0.775. The number of benzene rings is 1. The zero-order valence-electron chi connectivity index (χ0n) is 16.6. The van der Waals surface area contributed by atoms with Gasteiger partial charge in [0.1, 0.15) is 11.9 Å². The Morgan fingerprint density at radius 3 is 2.48 bits per heavy atom. The van der Waals surface area contributed by atoms with Crippen LogP contribution in [0.5, 0.6) is 5.75 Å². The number of carbonyl (C=O) groups is 1. The van der Waals surface area contributed by atoms with Crippen molar-refractivity contribution in [3.8, 4) is 5.75 Å². The Bertz CT molecular complexity index is 744. The molecule has 3 fully saturated rings. The Labute approximate surface area is 175 Å². The summed E-state index contributed by atoms with van der Waals surface area (Å²) in [5.74, 6) is 0.481. The summed E-state index contributed by atoms with van der Waals surface area (Å²) in [6, 6.07) is 5.01. The van der Waals surface area contributed by atoms with Crippen LogP contribution in [0, 0.1) is 10.8 Å². The van der Waals surface area contributed by atoms with Gasteiger partial charge in [-0.25, -0.2) is 0 Å². The van der Waals surface area contributed by atoms with Gasteiger partial charge in [-0.05, 0) is 56.0 Å². The Morgan fingerprint density at radius 2 is 1.86 bits per heavy atom. The summed E-state index contributed by atoms with van der Waals surface area (Å²) in [5.41, 5.74) is -0.781. The van der Waals surface area contributed by atoms with Crippen LogP contribution in [0.2, 0.25) is 0 Å². The molecular weight excluding hydrogens is 405 g/mol. The molecular formula is C21H28ClF3N2O2. The molecule has 162 valence electrons. The monoisotopic (exact) mass is 432 g/mol. The average Bonchev–Trinajstić information content (AvgIpc) is 3.25. The molecule has 1 unspecified atom stereocenters. The molecule has 0 bridgehead atoms. The lowest BCUT2D eigenvalue weighted by Gasteiger charge is -2.36. The van der Waals surface area contributed by atoms with Gasteiger partial charge in [-0.2, -0.15) is 13.2 Å². The molecule has 8 heteroatoms. The minimum absolute atomic E-state index is 0. The van der Waals surface area contributed by atoms with Crippen LogP contribution in [0.3, 0.4) is 0 Å². The van der Waals surface area contributed by atoms with E-state index in [1.807, 2.05) is 4.90 Å². The van der Waals surface area contributed by atoms with E-state index in [0.29, 0.717) is 25.9 Å². The second kappa shape index (κ2) is 7.99. The van der Waals surface area contributed by atoms with E-state index in [9.17, 15) is 18.0 Å². The predicted octanol–water partition coefficient (Wildman–Crippen LogP) is 4.28. The number of rotatable bonds is 3. The lowest BCUT2D eigenvalue weighted by Crippen LogP contribution is -2.46. The van der Waals surface area contributed by atoms with Crippen molar-refractivity contribution in [2.75, 3.05) is 26.2 Å². The predicted molar refractivity (Wildman–Crippen MR) is 106 cm³/mol. The van der Waals surface area contributed by atoms with Crippen molar-refractivity contribution in [2.24, 2.45) is 10.8 Å². The van der Waals surface area contributed by atoms with Crippen molar-refractivity contribution in [3.05, 3.63) is 29.8 Å². The zero-order valence-corrected chi connectivity index (χ0v) is 17.4. The number of hydrogen-bond acceptors (Lipinski definition) is 3. The van der Waals surface area contributed by atoms with E-state index >= 15 is 0 Å². The van der Waals surface area contributed by atoms with Gasteiger partial charge >= 0.3 is 6.18 Å². The van der Waals surface area contributed by atoms with Gasteiger partial charge in [0.25, 0.3) is 0 Å². The number of carbonyl (C=O) groups excluding carboxylic acids is 1. The van der Waals surface area contributed by atoms with E-state index in [2.05, 4.69) is 12.2 Å². The third-order valence-electron chi connectivity index (χ3n) is 6.96. The summed E-state index contributed by atoms with van der Waals surface area (Å²) in [4.78, 5) is 15.0. The van der Waals surface area contributed by atoms with Crippen molar-refractivity contribution < 1.29 is 22.7 Å². The molecule has 4 nitrogen and oxygen atoms in total. The van der Waals surface area contributed by atoms with Gasteiger partial charge in [0.05, 0.1) is 11.0 Å². The largest absolute Gasteiger partial charge is 0.490 e. The van der Waals surface area contributed by atoms with Gasteiger partial charge in [0.2, 0.25) is 5.91 Å². The molecule has 0 aromatic heterocycles. The molecule has 1 atom stereocenters. The highest BCUT2D eigenvalue weighted by molar-refractivity contribution is 5.87. The highest BCUT2D eigenvalue weighted by atomic mass is 35.5. The first-order valence-electron chi connectivity index (χ1n) is 10.1. The number of amides is 1. The molecule has 1 aromatic carbocycles. The number of piperidine rings is 2. The summed E-state index contributed by atoms with van der Waals surface area (Å²) in [7, 11) is 0. The van der Waals surface area contributed by atoms with Crippen molar-refractivity contribution in [1.29, 1.82) is 0 Å². The molecule has 2 aliphatic heterocycles. The Kier molecular flexibility index (Phi) is 6.12. The lowest BCUT2D eigenvalue weighted by atomic mass is 9.84. The molecule has 1 amide bonds. The molecule has 1 aliphatic carbocycles. The fourth-order valence-electron chi connectivity index (χ4n) is 5.03. The zero-order chi connectivity index (χ0) is 20.0. The van der Waals surface area contributed by atoms with Crippen LogP contribution in [0.15, 0.2) is 24.3 Å². The Hall–Kier alpha value is -1.47. The highest BCUT2D eigenvalue weighted by Gasteiger charge is 2.68. The van der Waals surface area contributed by atoms with Crippen LogP contribution in [-0.4, -0.2) is 43.1 Å². The van der Waals surface area contributed by atoms with Gasteiger partial charge in [0, 0.05) is 25.9 Å². The number of halogens is 4. The fourth-order valence-corrected chi connectivity index (χ4v) is 5.03. The number of ether oxygens (including phenoxy) is 1. The van der Waals surface area contributed by atoms with E-state index in [1.165, 1.54) is 6.07 Å². The maximum atomic E-state index is 13.1. The second-order valence-electron chi connectivity index (χ2n) is 8.67. The summed E-state index contributed by atoms with van der Waals surface area (Å²) < 4.78 is 44.3. The Balaban J connectivity index is 0.00000240. The Morgan fingerprint density at radius 1 is 1.21 bits per heavy atom. The number of alkyl halides is 3. The normalized spacial score (nSPS) is 26.7. The van der Waals surface area contributed by atoms with E-state index in [-0.39, 0.29) is 41.0 Å². The first-order chi connectivity index (χ1) is 13.2. The summed E-state index contributed by atoms with van der Waals surface area (Å²) in [5, 5.41) is 3.37. The van der Waals surface area contributed by atoms with Crippen molar-refractivity contribution in [2.45, 2.75) is 51.3 Å². The minimum atomic E-state index is -4.38. The van der Waals surface area contributed by atoms with Gasteiger partial charge in [-0.1, -0.05) is 13.0 Å². The molecule has 0 radical (unpaired) electrons. The standard InChI is InChI=1S/C21H27F3N2O2.ClH/c1-19(14-20(19)7-9-25-10-8-20)18(27)26-11-5-16(6-12-26)28-17-4-2-3-15(13-17)21(22,23)24;/h2-4,13,16,25H,5-12,14H2,1H3;1H. The van der Waals surface area contributed by atoms with E-state index in [1.54, 1.807) is 6.07 Å². The number of nitrogens with one attached hydrogen (secondary N) is 1. The number of hydrogen-bond donors (Lipinski definition) is 1. The van der Waals surface area contributed by atoms with E-state index in [4.69, 9.17) is 4.74 Å². The van der Waals surface area contributed by atoms with Crippen LogP contribution in [0.25, 0.3) is 0 Å². The van der Waals surface area contributed by atoms with Crippen LogP contribution in [0.1, 0.15) is 44.6 Å². The molecule has 1 aromatic rings. The van der Waals surface area contributed by atoms with Gasteiger partial charge < -0.3 is 15.0 Å². The van der Waals surface area contributed by atoms with E-state index < -0.39 is 11.7 Å². The second-order valence-corrected chi connectivity index (χ2v) is 8.67. The van der Waals surface area contributed by atoms with Crippen LogP contribution in [-0.2, 0) is 11.0 Å². The average molecular weight is 433 g/mol. The maximum Gasteiger partial charge on any atom is 0.416 e. The van der Waals surface area contributed by atoms with Crippen LogP contribution < -0.4 is 10.1 Å². The van der Waals surface area contributed by atoms with Crippen molar-refractivity contribution in [3.63, 3.8) is 0 Å². The van der Waals surface area contributed by atoms with Crippen LogP contribution in [0.4, 0.5) is 13.2 Å². The molecule has 1 saturated carbocycles. The smallest absolute Gasteiger partial charge is 0.416 e. The van der Waals surface area contributed by atoms with Gasteiger partial charge in [-0.15, -0.1) is 12.4 Å². The maximum absolute atomic E-state index is 13.1. The molecule has 2 saturated heterocycles.